The Morgan fingerprint density at radius 3 is 2.68 bits per heavy atom. The number of rotatable bonds is 4. The second-order valence-corrected chi connectivity index (χ2v) is 6.52. The van der Waals surface area contributed by atoms with Gasteiger partial charge in [-0.2, -0.15) is 0 Å². The highest BCUT2D eigenvalue weighted by Gasteiger charge is 2.35. The van der Waals surface area contributed by atoms with Crippen LogP contribution in [0.4, 0.5) is 0 Å². The Hall–Kier alpha value is -2.08. The topological polar surface area (TPSA) is 59.1 Å². The average Bonchev–Trinajstić information content (AvgIpc) is 2.68. The number of nitrogens with zero attached hydrogens (tertiary/aromatic N) is 2. The maximum atomic E-state index is 12.9. The van der Waals surface area contributed by atoms with Gasteiger partial charge in [-0.3, -0.25) is 9.59 Å². The minimum absolute atomic E-state index is 0.00388. The van der Waals surface area contributed by atoms with Crippen LogP contribution in [0, 0.1) is 0 Å². The highest BCUT2D eigenvalue weighted by atomic mass is 16.5. The van der Waals surface area contributed by atoms with Crippen molar-refractivity contribution in [3.63, 3.8) is 0 Å². The SMILES string of the molecule is COc1ccccc1CC(=O)N1CCCCC1C(=O)N1CCOCC1. The summed E-state index contributed by atoms with van der Waals surface area (Å²) in [6, 6.07) is 7.21. The normalized spacial score (nSPS) is 21.1. The fourth-order valence-electron chi connectivity index (χ4n) is 3.59. The summed E-state index contributed by atoms with van der Waals surface area (Å²) in [5.74, 6) is 0.774. The van der Waals surface area contributed by atoms with E-state index in [1.165, 1.54) is 0 Å². The van der Waals surface area contributed by atoms with Gasteiger partial charge in [0.15, 0.2) is 0 Å². The lowest BCUT2D eigenvalue weighted by Crippen LogP contribution is -2.55. The number of morpholine rings is 1. The van der Waals surface area contributed by atoms with Crippen LogP contribution < -0.4 is 4.74 Å². The van der Waals surface area contributed by atoms with Crippen LogP contribution in [0.1, 0.15) is 24.8 Å². The Morgan fingerprint density at radius 1 is 1.16 bits per heavy atom. The highest BCUT2D eigenvalue weighted by molar-refractivity contribution is 5.89. The van der Waals surface area contributed by atoms with E-state index >= 15 is 0 Å². The summed E-state index contributed by atoms with van der Waals surface area (Å²) in [4.78, 5) is 29.4. The van der Waals surface area contributed by atoms with Gasteiger partial charge >= 0.3 is 0 Å². The number of amides is 2. The van der Waals surface area contributed by atoms with Crippen LogP contribution in [0.2, 0.25) is 0 Å². The molecular weight excluding hydrogens is 320 g/mol. The molecule has 2 heterocycles. The van der Waals surface area contributed by atoms with E-state index in [1.807, 2.05) is 29.2 Å². The lowest BCUT2D eigenvalue weighted by Gasteiger charge is -2.38. The summed E-state index contributed by atoms with van der Waals surface area (Å²) in [6.07, 6.45) is 2.94. The molecule has 0 aliphatic carbocycles. The zero-order valence-corrected chi connectivity index (χ0v) is 14.8. The van der Waals surface area contributed by atoms with Crippen molar-refractivity contribution >= 4 is 11.8 Å². The maximum absolute atomic E-state index is 12.9. The lowest BCUT2D eigenvalue weighted by molar-refractivity contribution is -0.149. The molecule has 0 radical (unpaired) electrons. The molecule has 0 bridgehead atoms. The first-order valence-electron chi connectivity index (χ1n) is 8.98. The third kappa shape index (κ3) is 4.12. The van der Waals surface area contributed by atoms with Gasteiger partial charge in [-0.15, -0.1) is 0 Å². The quantitative estimate of drug-likeness (QED) is 0.829. The van der Waals surface area contributed by atoms with Crippen LogP contribution in [0.25, 0.3) is 0 Å². The molecule has 1 aromatic carbocycles. The molecule has 2 saturated heterocycles. The minimum atomic E-state index is -0.339. The van der Waals surface area contributed by atoms with Crippen molar-refractivity contribution in [2.75, 3.05) is 40.0 Å². The number of carbonyl (C=O) groups is 2. The Kier molecular flexibility index (Phi) is 5.91. The van der Waals surface area contributed by atoms with Gasteiger partial charge in [0, 0.05) is 25.2 Å². The number of ether oxygens (including phenoxy) is 2. The molecule has 1 unspecified atom stereocenters. The number of hydrogen-bond acceptors (Lipinski definition) is 4. The zero-order valence-electron chi connectivity index (χ0n) is 14.8. The van der Waals surface area contributed by atoms with Gasteiger partial charge in [0.1, 0.15) is 11.8 Å². The number of methoxy groups -OCH3 is 1. The van der Waals surface area contributed by atoms with Crippen LogP contribution in [0.5, 0.6) is 5.75 Å². The zero-order chi connectivity index (χ0) is 17.6. The monoisotopic (exact) mass is 346 g/mol. The first-order valence-corrected chi connectivity index (χ1v) is 8.98. The number of hydrogen-bond donors (Lipinski definition) is 0. The van der Waals surface area contributed by atoms with Crippen molar-refractivity contribution in [3.8, 4) is 5.75 Å². The second kappa shape index (κ2) is 8.34. The van der Waals surface area contributed by atoms with Crippen molar-refractivity contribution in [2.24, 2.45) is 0 Å². The van der Waals surface area contributed by atoms with Crippen LogP contribution in [-0.4, -0.2) is 67.6 Å². The van der Waals surface area contributed by atoms with Gasteiger partial charge in [0.05, 0.1) is 26.7 Å². The number of piperidine rings is 1. The van der Waals surface area contributed by atoms with E-state index in [0.29, 0.717) is 38.6 Å². The van der Waals surface area contributed by atoms with Crippen molar-refractivity contribution in [1.82, 2.24) is 9.80 Å². The summed E-state index contributed by atoms with van der Waals surface area (Å²) in [7, 11) is 1.61. The molecular formula is C19H26N2O4. The van der Waals surface area contributed by atoms with Gasteiger partial charge in [0.2, 0.25) is 11.8 Å². The lowest BCUT2D eigenvalue weighted by atomic mass is 9.99. The molecule has 0 aromatic heterocycles. The van der Waals surface area contributed by atoms with E-state index in [0.717, 1.165) is 24.8 Å². The van der Waals surface area contributed by atoms with Crippen molar-refractivity contribution in [2.45, 2.75) is 31.7 Å². The van der Waals surface area contributed by atoms with Gasteiger partial charge in [-0.05, 0) is 25.3 Å². The molecule has 1 atom stereocenters. The molecule has 2 fully saturated rings. The molecule has 0 saturated carbocycles. The fraction of sp³-hybridized carbons (Fsp3) is 0.579. The van der Waals surface area contributed by atoms with E-state index in [1.54, 1.807) is 12.0 Å². The van der Waals surface area contributed by atoms with Crippen LogP contribution in [-0.2, 0) is 20.7 Å². The average molecular weight is 346 g/mol. The Bertz CT molecular complexity index is 613. The minimum Gasteiger partial charge on any atom is -0.496 e. The number of benzene rings is 1. The number of likely N-dealkylation sites (tertiary alicyclic amines) is 1. The second-order valence-electron chi connectivity index (χ2n) is 6.52. The van der Waals surface area contributed by atoms with E-state index < -0.39 is 0 Å². The first kappa shape index (κ1) is 17.7. The highest BCUT2D eigenvalue weighted by Crippen LogP contribution is 2.23. The number of para-hydroxylation sites is 1. The molecule has 6 heteroatoms. The molecule has 0 spiro atoms. The van der Waals surface area contributed by atoms with E-state index in [-0.39, 0.29) is 24.3 Å². The standard InChI is InChI=1S/C19H26N2O4/c1-24-17-8-3-2-6-15(17)14-18(22)21-9-5-4-7-16(21)19(23)20-10-12-25-13-11-20/h2-3,6,8,16H,4-5,7,9-14H2,1H3. The van der Waals surface area contributed by atoms with Crippen molar-refractivity contribution < 1.29 is 19.1 Å². The largest absolute Gasteiger partial charge is 0.496 e. The van der Waals surface area contributed by atoms with Crippen molar-refractivity contribution in [3.05, 3.63) is 29.8 Å². The van der Waals surface area contributed by atoms with Gasteiger partial charge in [-0.25, -0.2) is 0 Å². The Morgan fingerprint density at radius 2 is 1.92 bits per heavy atom. The van der Waals surface area contributed by atoms with Crippen LogP contribution in [0.3, 0.4) is 0 Å². The molecule has 1 aromatic rings. The predicted molar refractivity (Wildman–Crippen MR) is 93.4 cm³/mol. The van der Waals surface area contributed by atoms with E-state index in [2.05, 4.69) is 0 Å². The molecule has 25 heavy (non-hydrogen) atoms. The summed E-state index contributed by atoms with van der Waals surface area (Å²) < 4.78 is 10.7. The van der Waals surface area contributed by atoms with Gasteiger partial charge in [-0.1, -0.05) is 18.2 Å². The predicted octanol–water partition coefficient (Wildman–Crippen LogP) is 1.48. The molecule has 6 nitrogen and oxygen atoms in total. The molecule has 2 aliphatic heterocycles. The Balaban J connectivity index is 1.71. The molecule has 2 amide bonds. The van der Waals surface area contributed by atoms with Crippen LogP contribution >= 0.6 is 0 Å². The van der Waals surface area contributed by atoms with Crippen LogP contribution in [0.15, 0.2) is 24.3 Å². The smallest absolute Gasteiger partial charge is 0.245 e. The molecule has 0 N–H and O–H groups in total. The van der Waals surface area contributed by atoms with E-state index in [4.69, 9.17) is 9.47 Å². The molecule has 2 aliphatic rings. The fourth-order valence-corrected chi connectivity index (χ4v) is 3.59. The number of carbonyl (C=O) groups excluding carboxylic acids is 2. The first-order chi connectivity index (χ1) is 12.2. The van der Waals surface area contributed by atoms with Gasteiger partial charge in [0.25, 0.3) is 0 Å². The van der Waals surface area contributed by atoms with Crippen molar-refractivity contribution in [1.29, 1.82) is 0 Å². The maximum Gasteiger partial charge on any atom is 0.245 e. The summed E-state index contributed by atoms with van der Waals surface area (Å²) in [6.45, 7) is 3.03. The molecule has 136 valence electrons. The summed E-state index contributed by atoms with van der Waals surface area (Å²) >= 11 is 0. The van der Waals surface area contributed by atoms with Gasteiger partial charge < -0.3 is 19.3 Å². The molecule has 3 rings (SSSR count). The Labute approximate surface area is 148 Å². The van der Waals surface area contributed by atoms with E-state index in [9.17, 15) is 9.59 Å². The third-order valence-corrected chi connectivity index (χ3v) is 4.97. The third-order valence-electron chi connectivity index (χ3n) is 4.97. The summed E-state index contributed by atoms with van der Waals surface area (Å²) in [5.41, 5.74) is 0.859. The summed E-state index contributed by atoms with van der Waals surface area (Å²) in [5, 5.41) is 0.